The van der Waals surface area contributed by atoms with Gasteiger partial charge in [-0.15, -0.1) is 0 Å². The summed E-state index contributed by atoms with van der Waals surface area (Å²) in [5.41, 5.74) is 4.00. The molecule has 1 heterocycles. The van der Waals surface area contributed by atoms with Crippen molar-refractivity contribution in [1.82, 2.24) is 9.88 Å². The number of aryl methyl sites for hydroxylation is 2. The number of rotatable bonds is 5. The molecule has 1 N–H and O–H groups in total. The van der Waals surface area contributed by atoms with E-state index in [4.69, 9.17) is 0 Å². The van der Waals surface area contributed by atoms with Crippen LogP contribution in [0.5, 0.6) is 0 Å². The highest BCUT2D eigenvalue weighted by atomic mass is 14.9. The topological polar surface area (TPSA) is 17.0 Å². The Balaban J connectivity index is 1.81. The van der Waals surface area contributed by atoms with E-state index in [9.17, 15) is 0 Å². The zero-order chi connectivity index (χ0) is 12.1. The Labute approximate surface area is 103 Å². The zero-order valence-electron chi connectivity index (χ0n) is 10.6. The van der Waals surface area contributed by atoms with E-state index in [1.807, 2.05) is 0 Å². The molecule has 0 spiro atoms. The molecular weight excluding hydrogens is 208 g/mol. The normalized spacial score (nSPS) is 10.7. The first-order chi connectivity index (χ1) is 8.28. The molecule has 2 nitrogen and oxygen atoms in total. The van der Waals surface area contributed by atoms with E-state index < -0.39 is 0 Å². The fraction of sp³-hybridized carbons (Fsp3) is 0.333. The quantitative estimate of drug-likeness (QED) is 0.832. The molecular formula is C15H20N2. The second-order valence-corrected chi connectivity index (χ2v) is 4.44. The van der Waals surface area contributed by atoms with Crippen LogP contribution in [0, 0.1) is 6.92 Å². The lowest BCUT2D eigenvalue weighted by atomic mass is 10.1. The van der Waals surface area contributed by atoms with Crippen molar-refractivity contribution in [3.05, 3.63) is 59.4 Å². The molecule has 2 rings (SSSR count). The fourth-order valence-electron chi connectivity index (χ4n) is 1.85. The molecule has 0 aliphatic carbocycles. The summed E-state index contributed by atoms with van der Waals surface area (Å²) >= 11 is 0. The van der Waals surface area contributed by atoms with Crippen LogP contribution in [0.4, 0.5) is 0 Å². The van der Waals surface area contributed by atoms with Gasteiger partial charge >= 0.3 is 0 Å². The maximum absolute atomic E-state index is 3.46. The Morgan fingerprint density at radius 3 is 2.35 bits per heavy atom. The number of nitrogens with zero attached hydrogens (tertiary/aromatic N) is 1. The summed E-state index contributed by atoms with van der Waals surface area (Å²) in [6, 6.07) is 10.8. The van der Waals surface area contributed by atoms with E-state index in [0.717, 1.165) is 19.6 Å². The predicted molar refractivity (Wildman–Crippen MR) is 71.8 cm³/mol. The van der Waals surface area contributed by atoms with Crippen molar-refractivity contribution in [2.75, 3.05) is 0 Å². The minimum atomic E-state index is 0.928. The van der Waals surface area contributed by atoms with Crippen molar-refractivity contribution < 1.29 is 0 Å². The van der Waals surface area contributed by atoms with Crippen molar-refractivity contribution in [2.45, 2.75) is 33.5 Å². The predicted octanol–water partition coefficient (Wildman–Crippen LogP) is 3.11. The van der Waals surface area contributed by atoms with Gasteiger partial charge in [-0.1, -0.05) is 29.8 Å². The van der Waals surface area contributed by atoms with Gasteiger partial charge in [0.25, 0.3) is 0 Å². The first kappa shape index (κ1) is 11.9. The molecule has 0 aliphatic rings. The van der Waals surface area contributed by atoms with E-state index in [1.165, 1.54) is 16.7 Å². The smallest absolute Gasteiger partial charge is 0.0223 e. The minimum absolute atomic E-state index is 0.928. The molecule has 17 heavy (non-hydrogen) atoms. The van der Waals surface area contributed by atoms with Gasteiger partial charge in [0.1, 0.15) is 0 Å². The number of hydrogen-bond acceptors (Lipinski definition) is 1. The lowest BCUT2D eigenvalue weighted by Gasteiger charge is -2.04. The van der Waals surface area contributed by atoms with Crippen LogP contribution in [-0.2, 0) is 19.6 Å². The Bertz CT molecular complexity index is 454. The van der Waals surface area contributed by atoms with Gasteiger partial charge in [-0.2, -0.15) is 0 Å². The SMILES string of the molecule is CCn1ccc(CNCc2ccc(C)cc2)c1. The summed E-state index contributed by atoms with van der Waals surface area (Å²) in [6.07, 6.45) is 4.32. The number of hydrogen-bond donors (Lipinski definition) is 1. The molecule has 2 aromatic rings. The van der Waals surface area contributed by atoms with Crippen molar-refractivity contribution in [1.29, 1.82) is 0 Å². The molecule has 0 radical (unpaired) electrons. The van der Waals surface area contributed by atoms with Crippen LogP contribution < -0.4 is 5.32 Å². The Morgan fingerprint density at radius 2 is 1.71 bits per heavy atom. The Kier molecular flexibility index (Phi) is 3.99. The van der Waals surface area contributed by atoms with Crippen LogP contribution in [0.3, 0.4) is 0 Å². The molecule has 0 fully saturated rings. The van der Waals surface area contributed by atoms with Crippen LogP contribution in [0.15, 0.2) is 42.7 Å². The number of nitrogens with one attached hydrogen (secondary N) is 1. The maximum Gasteiger partial charge on any atom is 0.0223 e. The number of aromatic nitrogens is 1. The lowest BCUT2D eigenvalue weighted by molar-refractivity contribution is 0.688. The molecule has 0 atom stereocenters. The molecule has 0 saturated heterocycles. The molecule has 0 bridgehead atoms. The van der Waals surface area contributed by atoms with Gasteiger partial charge < -0.3 is 9.88 Å². The minimum Gasteiger partial charge on any atom is -0.354 e. The lowest BCUT2D eigenvalue weighted by Crippen LogP contribution is -2.12. The summed E-state index contributed by atoms with van der Waals surface area (Å²) < 4.78 is 2.20. The number of benzene rings is 1. The molecule has 0 saturated carbocycles. The molecule has 2 heteroatoms. The second kappa shape index (κ2) is 5.69. The third-order valence-corrected chi connectivity index (χ3v) is 2.96. The maximum atomic E-state index is 3.46. The summed E-state index contributed by atoms with van der Waals surface area (Å²) in [7, 11) is 0. The van der Waals surface area contributed by atoms with E-state index in [1.54, 1.807) is 0 Å². The van der Waals surface area contributed by atoms with Crippen LogP contribution in [0.1, 0.15) is 23.6 Å². The van der Waals surface area contributed by atoms with Crippen LogP contribution in [0.25, 0.3) is 0 Å². The average molecular weight is 228 g/mol. The van der Waals surface area contributed by atoms with Crippen molar-refractivity contribution >= 4 is 0 Å². The largest absolute Gasteiger partial charge is 0.354 e. The highest BCUT2D eigenvalue weighted by molar-refractivity contribution is 5.21. The van der Waals surface area contributed by atoms with Gasteiger partial charge in [0.05, 0.1) is 0 Å². The molecule has 0 aliphatic heterocycles. The van der Waals surface area contributed by atoms with Crippen LogP contribution in [-0.4, -0.2) is 4.57 Å². The van der Waals surface area contributed by atoms with Gasteiger partial charge in [0, 0.05) is 32.0 Å². The Morgan fingerprint density at radius 1 is 1.00 bits per heavy atom. The van der Waals surface area contributed by atoms with E-state index in [2.05, 4.69) is 66.5 Å². The molecule has 90 valence electrons. The van der Waals surface area contributed by atoms with Crippen LogP contribution in [0.2, 0.25) is 0 Å². The zero-order valence-corrected chi connectivity index (χ0v) is 10.6. The van der Waals surface area contributed by atoms with Crippen LogP contribution >= 0.6 is 0 Å². The van der Waals surface area contributed by atoms with Crippen molar-refractivity contribution in [3.63, 3.8) is 0 Å². The highest BCUT2D eigenvalue weighted by Crippen LogP contribution is 2.04. The first-order valence-corrected chi connectivity index (χ1v) is 6.19. The summed E-state index contributed by atoms with van der Waals surface area (Å²) in [5, 5.41) is 3.46. The van der Waals surface area contributed by atoms with Gasteiger partial charge in [0.2, 0.25) is 0 Å². The second-order valence-electron chi connectivity index (χ2n) is 4.44. The van der Waals surface area contributed by atoms with Gasteiger partial charge in [-0.05, 0) is 31.0 Å². The van der Waals surface area contributed by atoms with Crippen molar-refractivity contribution in [3.8, 4) is 0 Å². The van der Waals surface area contributed by atoms with Gasteiger partial charge in [-0.3, -0.25) is 0 Å². The molecule has 1 aromatic heterocycles. The van der Waals surface area contributed by atoms with Gasteiger partial charge in [0.15, 0.2) is 0 Å². The van der Waals surface area contributed by atoms with E-state index in [-0.39, 0.29) is 0 Å². The van der Waals surface area contributed by atoms with Gasteiger partial charge in [-0.25, -0.2) is 0 Å². The van der Waals surface area contributed by atoms with Crippen molar-refractivity contribution in [2.24, 2.45) is 0 Å². The fourth-order valence-corrected chi connectivity index (χ4v) is 1.85. The summed E-state index contributed by atoms with van der Waals surface area (Å²) in [6.45, 7) is 7.17. The first-order valence-electron chi connectivity index (χ1n) is 6.19. The standard InChI is InChI=1S/C15H20N2/c1-3-17-9-8-15(12-17)11-16-10-14-6-4-13(2)5-7-14/h4-9,12,16H,3,10-11H2,1-2H3. The average Bonchev–Trinajstić information content (AvgIpc) is 2.80. The monoisotopic (exact) mass is 228 g/mol. The molecule has 0 unspecified atom stereocenters. The Hall–Kier alpha value is -1.54. The third kappa shape index (κ3) is 3.46. The third-order valence-electron chi connectivity index (χ3n) is 2.96. The summed E-state index contributed by atoms with van der Waals surface area (Å²) in [4.78, 5) is 0. The molecule has 1 aromatic carbocycles. The van der Waals surface area contributed by atoms with E-state index >= 15 is 0 Å². The molecule has 0 amide bonds. The van der Waals surface area contributed by atoms with E-state index in [0.29, 0.717) is 0 Å². The highest BCUT2D eigenvalue weighted by Gasteiger charge is 1.96. The summed E-state index contributed by atoms with van der Waals surface area (Å²) in [5.74, 6) is 0.